The molecule has 3 heterocycles. The molecule has 9 aromatic rings. The van der Waals surface area contributed by atoms with Crippen molar-refractivity contribution in [2.24, 2.45) is 0 Å². The van der Waals surface area contributed by atoms with Crippen molar-refractivity contribution in [2.45, 2.75) is 26.2 Å². The summed E-state index contributed by atoms with van der Waals surface area (Å²) in [6.45, 7) is 2.23. The van der Waals surface area contributed by atoms with E-state index in [0.29, 0.717) is 17.5 Å². The highest BCUT2D eigenvalue weighted by molar-refractivity contribution is 6.24. The molecule has 0 N–H and O–H groups in total. The Morgan fingerprint density at radius 3 is 2.02 bits per heavy atom. The Hall–Kier alpha value is -6.07. The van der Waals surface area contributed by atoms with Gasteiger partial charge in [-0.2, -0.15) is 0 Å². The van der Waals surface area contributed by atoms with Gasteiger partial charge in [-0.25, -0.2) is 15.0 Å². The number of unbranched alkanes of at least 4 members (excludes halogenated alkanes) is 1. The molecule has 0 aliphatic carbocycles. The maximum atomic E-state index is 6.38. The number of fused-ring (bicyclic) bond motifs is 7. The first-order chi connectivity index (χ1) is 23.8. The lowest BCUT2D eigenvalue weighted by atomic mass is 10.1. The Bertz CT molecular complexity index is 2600. The van der Waals surface area contributed by atoms with Crippen molar-refractivity contribution in [2.75, 3.05) is 0 Å². The molecule has 0 fully saturated rings. The highest BCUT2D eigenvalue weighted by Crippen LogP contribution is 2.42. The van der Waals surface area contributed by atoms with Crippen LogP contribution < -0.4 is 0 Å². The van der Waals surface area contributed by atoms with Crippen LogP contribution >= 0.6 is 0 Å². The number of aromatic nitrogens is 4. The number of hydrogen-bond donors (Lipinski definition) is 0. The van der Waals surface area contributed by atoms with E-state index in [1.165, 1.54) is 29.2 Å². The van der Waals surface area contributed by atoms with Crippen LogP contribution in [0.15, 0.2) is 144 Å². The summed E-state index contributed by atoms with van der Waals surface area (Å²) in [4.78, 5) is 15.3. The Morgan fingerprint density at radius 1 is 0.542 bits per heavy atom. The van der Waals surface area contributed by atoms with E-state index in [4.69, 9.17) is 19.4 Å². The molecule has 0 amide bonds. The van der Waals surface area contributed by atoms with Crippen molar-refractivity contribution < 1.29 is 4.42 Å². The fraction of sp³-hybridized carbons (Fsp3) is 0.0930. The van der Waals surface area contributed by atoms with Crippen LogP contribution in [-0.2, 0) is 6.42 Å². The molecule has 0 saturated heterocycles. The van der Waals surface area contributed by atoms with Crippen LogP contribution in [0.4, 0.5) is 0 Å². The first-order valence-corrected chi connectivity index (χ1v) is 16.6. The Kier molecular flexibility index (Phi) is 6.82. The van der Waals surface area contributed by atoms with Crippen molar-refractivity contribution in [3.8, 4) is 39.9 Å². The van der Waals surface area contributed by atoms with Gasteiger partial charge in [-0.3, -0.25) is 0 Å². The second-order valence-electron chi connectivity index (χ2n) is 12.3. The summed E-state index contributed by atoms with van der Waals surface area (Å²) in [5, 5.41) is 4.54. The van der Waals surface area contributed by atoms with E-state index in [2.05, 4.69) is 121 Å². The number of hydrogen-bond acceptors (Lipinski definition) is 4. The minimum absolute atomic E-state index is 0.625. The lowest BCUT2D eigenvalue weighted by Gasteiger charge is -2.15. The summed E-state index contributed by atoms with van der Waals surface area (Å²) >= 11 is 0. The third kappa shape index (κ3) is 4.66. The van der Waals surface area contributed by atoms with E-state index < -0.39 is 0 Å². The number of furan rings is 1. The molecule has 6 aromatic carbocycles. The van der Waals surface area contributed by atoms with Crippen molar-refractivity contribution in [1.82, 2.24) is 19.5 Å². The van der Waals surface area contributed by atoms with E-state index in [-0.39, 0.29) is 0 Å². The van der Waals surface area contributed by atoms with Crippen LogP contribution in [0.25, 0.3) is 83.6 Å². The summed E-state index contributed by atoms with van der Waals surface area (Å²) in [6, 6.07) is 48.4. The fourth-order valence-electron chi connectivity index (χ4n) is 6.92. The molecule has 48 heavy (non-hydrogen) atoms. The van der Waals surface area contributed by atoms with Gasteiger partial charge < -0.3 is 8.98 Å². The van der Waals surface area contributed by atoms with Gasteiger partial charge in [-0.1, -0.05) is 116 Å². The van der Waals surface area contributed by atoms with E-state index in [1.54, 1.807) is 0 Å². The average Bonchev–Trinajstić information content (AvgIpc) is 3.70. The molecule has 5 heteroatoms. The van der Waals surface area contributed by atoms with Gasteiger partial charge in [-0.15, -0.1) is 0 Å². The third-order valence-corrected chi connectivity index (χ3v) is 9.26. The topological polar surface area (TPSA) is 56.7 Å². The fourth-order valence-corrected chi connectivity index (χ4v) is 6.92. The molecule has 0 spiro atoms. The van der Waals surface area contributed by atoms with Gasteiger partial charge in [0.05, 0.1) is 22.1 Å². The predicted molar refractivity (Wildman–Crippen MR) is 196 cm³/mol. The summed E-state index contributed by atoms with van der Waals surface area (Å²) in [5.41, 5.74) is 9.11. The molecule has 0 saturated carbocycles. The number of nitrogens with zero attached hydrogens (tertiary/aromatic N) is 4. The minimum Gasteiger partial charge on any atom is -0.456 e. The lowest BCUT2D eigenvalue weighted by molar-refractivity contribution is 0.669. The standard InChI is InChI=1S/C43H32N4O/c1-2-3-13-28-22-24-30(25-23-28)42-44-41(29-14-5-4-6-15-29)45-43(46-42)33-17-8-11-20-36(33)47-35-19-10-7-16-31(35)32-26-27-38-39(40(32)47)34-18-9-12-21-37(34)48-38/h4-12,14-27H,2-3,13H2,1H3. The molecule has 5 nitrogen and oxygen atoms in total. The van der Waals surface area contributed by atoms with Gasteiger partial charge in [0, 0.05) is 32.8 Å². The van der Waals surface area contributed by atoms with Crippen LogP contribution in [0.2, 0.25) is 0 Å². The van der Waals surface area contributed by atoms with E-state index >= 15 is 0 Å². The zero-order valence-electron chi connectivity index (χ0n) is 26.6. The quantitative estimate of drug-likeness (QED) is 0.178. The minimum atomic E-state index is 0.625. The molecule has 0 bridgehead atoms. The molecular formula is C43H32N4O. The van der Waals surface area contributed by atoms with Gasteiger partial charge in [0.15, 0.2) is 17.5 Å². The highest BCUT2D eigenvalue weighted by Gasteiger charge is 2.22. The SMILES string of the molecule is CCCCc1ccc(-c2nc(-c3ccccc3)nc(-c3ccccc3-n3c4ccccc4c4ccc5oc6ccccc6c5c43)n2)cc1. The van der Waals surface area contributed by atoms with Gasteiger partial charge >= 0.3 is 0 Å². The summed E-state index contributed by atoms with van der Waals surface area (Å²) in [7, 11) is 0. The number of rotatable bonds is 7. The molecule has 0 aliphatic heterocycles. The monoisotopic (exact) mass is 620 g/mol. The molecule has 0 radical (unpaired) electrons. The van der Waals surface area contributed by atoms with Gasteiger partial charge in [-0.05, 0) is 54.8 Å². The van der Waals surface area contributed by atoms with Gasteiger partial charge in [0.1, 0.15) is 11.2 Å². The zero-order chi connectivity index (χ0) is 32.0. The van der Waals surface area contributed by atoms with E-state index in [0.717, 1.165) is 61.8 Å². The van der Waals surface area contributed by atoms with Crippen LogP contribution in [0.5, 0.6) is 0 Å². The van der Waals surface area contributed by atoms with Crippen LogP contribution in [0, 0.1) is 0 Å². The summed E-state index contributed by atoms with van der Waals surface area (Å²) in [6.07, 6.45) is 3.42. The van der Waals surface area contributed by atoms with Crippen LogP contribution in [-0.4, -0.2) is 19.5 Å². The van der Waals surface area contributed by atoms with E-state index in [1.807, 2.05) is 30.3 Å². The van der Waals surface area contributed by atoms with Gasteiger partial charge in [0.25, 0.3) is 0 Å². The average molecular weight is 621 g/mol. The molecule has 0 atom stereocenters. The number of aryl methyl sites for hydroxylation is 1. The van der Waals surface area contributed by atoms with Crippen LogP contribution in [0.1, 0.15) is 25.3 Å². The lowest BCUT2D eigenvalue weighted by Crippen LogP contribution is -2.03. The van der Waals surface area contributed by atoms with Crippen molar-refractivity contribution >= 4 is 43.7 Å². The Balaban J connectivity index is 1.32. The van der Waals surface area contributed by atoms with Gasteiger partial charge in [0.2, 0.25) is 0 Å². The normalized spacial score (nSPS) is 11.7. The molecular weight excluding hydrogens is 589 g/mol. The first kappa shape index (κ1) is 28.2. The Morgan fingerprint density at radius 2 is 1.21 bits per heavy atom. The zero-order valence-corrected chi connectivity index (χ0v) is 26.6. The molecule has 0 unspecified atom stereocenters. The van der Waals surface area contributed by atoms with E-state index in [9.17, 15) is 0 Å². The van der Waals surface area contributed by atoms with Crippen LogP contribution in [0.3, 0.4) is 0 Å². The van der Waals surface area contributed by atoms with Crippen molar-refractivity contribution in [3.63, 3.8) is 0 Å². The molecule has 230 valence electrons. The largest absolute Gasteiger partial charge is 0.456 e. The first-order valence-electron chi connectivity index (χ1n) is 16.6. The molecule has 3 aromatic heterocycles. The smallest absolute Gasteiger partial charge is 0.166 e. The number of benzene rings is 6. The second kappa shape index (κ2) is 11.6. The summed E-state index contributed by atoms with van der Waals surface area (Å²) in [5.74, 6) is 1.92. The predicted octanol–water partition coefficient (Wildman–Crippen LogP) is 11.2. The maximum Gasteiger partial charge on any atom is 0.166 e. The molecule has 0 aliphatic rings. The molecule has 9 rings (SSSR count). The maximum absolute atomic E-state index is 6.38. The third-order valence-electron chi connectivity index (χ3n) is 9.26. The Labute approximate surface area is 278 Å². The second-order valence-corrected chi connectivity index (χ2v) is 12.3. The summed E-state index contributed by atoms with van der Waals surface area (Å²) < 4.78 is 8.73. The van der Waals surface area contributed by atoms with Crippen molar-refractivity contribution in [1.29, 1.82) is 0 Å². The number of para-hydroxylation sites is 3. The highest BCUT2D eigenvalue weighted by atomic mass is 16.3. The van der Waals surface area contributed by atoms with Crippen molar-refractivity contribution in [3.05, 3.63) is 145 Å².